The Bertz CT molecular complexity index is 516. The minimum atomic E-state index is -0.324. The van der Waals surface area contributed by atoms with Crippen LogP contribution in [0.3, 0.4) is 0 Å². The van der Waals surface area contributed by atoms with Gasteiger partial charge in [0.1, 0.15) is 0 Å². The quantitative estimate of drug-likeness (QED) is 0.781. The van der Waals surface area contributed by atoms with Crippen LogP contribution in [-0.2, 0) is 16.0 Å². The molecule has 7 nitrogen and oxygen atoms in total. The topological polar surface area (TPSA) is 63.0 Å². The van der Waals surface area contributed by atoms with Gasteiger partial charge in [-0.1, -0.05) is 0 Å². The van der Waals surface area contributed by atoms with Crippen LogP contribution in [0.25, 0.3) is 0 Å². The molecule has 0 amide bonds. The van der Waals surface area contributed by atoms with Gasteiger partial charge in [0.25, 0.3) is 0 Å². The highest BCUT2D eigenvalue weighted by atomic mass is 16.5. The molecule has 2 fully saturated rings. The van der Waals surface area contributed by atoms with Gasteiger partial charge < -0.3 is 14.6 Å². The molecule has 1 aromatic rings. The molecule has 7 heteroatoms. The van der Waals surface area contributed by atoms with Crippen LogP contribution in [0.4, 0.5) is 0 Å². The molecule has 0 radical (unpaired) electrons. The minimum Gasteiger partial charge on any atom is -0.390 e. The number of ether oxygens (including phenoxy) is 2. The first kappa shape index (κ1) is 17.8. The maximum atomic E-state index is 10.4. The number of hydrogen-bond acceptors (Lipinski definition) is 6. The number of aryl methyl sites for hydroxylation is 2. The molecule has 0 saturated carbocycles. The van der Waals surface area contributed by atoms with E-state index in [1.807, 2.05) is 11.6 Å². The first-order valence-electron chi connectivity index (χ1n) is 8.93. The molecular formula is C17H30N4O3. The van der Waals surface area contributed by atoms with E-state index in [2.05, 4.69) is 27.9 Å². The van der Waals surface area contributed by atoms with E-state index in [1.165, 1.54) is 5.69 Å². The fraction of sp³-hybridized carbons (Fsp3) is 0.824. The number of aliphatic hydroxyl groups excluding tert-OH is 1. The molecule has 2 aliphatic heterocycles. The van der Waals surface area contributed by atoms with Crippen molar-refractivity contribution in [2.45, 2.75) is 32.6 Å². The zero-order valence-corrected chi connectivity index (χ0v) is 14.9. The zero-order chi connectivity index (χ0) is 16.9. The van der Waals surface area contributed by atoms with Crippen LogP contribution in [0, 0.1) is 13.8 Å². The van der Waals surface area contributed by atoms with Gasteiger partial charge in [-0.05, 0) is 19.9 Å². The Kier molecular flexibility index (Phi) is 6.24. The van der Waals surface area contributed by atoms with Crippen LogP contribution >= 0.6 is 0 Å². The average Bonchev–Trinajstić information content (AvgIpc) is 2.86. The number of β-amino-alcohol motifs (C(OH)–C–C–N with tert-alkyl or cyclic N) is 1. The number of morpholine rings is 2. The van der Waals surface area contributed by atoms with E-state index < -0.39 is 0 Å². The molecule has 2 aliphatic rings. The molecule has 136 valence electrons. The summed E-state index contributed by atoms with van der Waals surface area (Å²) in [7, 11) is 0. The molecule has 3 heterocycles. The van der Waals surface area contributed by atoms with Gasteiger partial charge in [0.2, 0.25) is 0 Å². The van der Waals surface area contributed by atoms with Crippen molar-refractivity contribution in [3.05, 3.63) is 17.5 Å². The van der Waals surface area contributed by atoms with Crippen LogP contribution in [0.2, 0.25) is 0 Å². The summed E-state index contributed by atoms with van der Waals surface area (Å²) in [5.74, 6) is 0. The van der Waals surface area contributed by atoms with E-state index in [4.69, 9.17) is 9.47 Å². The van der Waals surface area contributed by atoms with Gasteiger partial charge >= 0.3 is 0 Å². The average molecular weight is 338 g/mol. The van der Waals surface area contributed by atoms with E-state index in [0.717, 1.165) is 58.2 Å². The van der Waals surface area contributed by atoms with Crippen LogP contribution in [-0.4, -0.2) is 96.0 Å². The first-order chi connectivity index (χ1) is 11.6. The smallest absolute Gasteiger partial charge is 0.0898 e. The van der Waals surface area contributed by atoms with Gasteiger partial charge in [-0.2, -0.15) is 5.10 Å². The fourth-order valence-corrected chi connectivity index (χ4v) is 3.55. The Morgan fingerprint density at radius 3 is 2.58 bits per heavy atom. The largest absolute Gasteiger partial charge is 0.390 e. The van der Waals surface area contributed by atoms with Crippen molar-refractivity contribution in [3.63, 3.8) is 0 Å². The lowest BCUT2D eigenvalue weighted by Crippen LogP contribution is -2.49. The van der Waals surface area contributed by atoms with Crippen molar-refractivity contribution in [2.75, 3.05) is 59.1 Å². The van der Waals surface area contributed by atoms with E-state index in [0.29, 0.717) is 13.2 Å². The molecule has 0 aromatic carbocycles. The number of aliphatic hydroxyl groups is 1. The fourth-order valence-electron chi connectivity index (χ4n) is 3.55. The third-order valence-corrected chi connectivity index (χ3v) is 4.74. The summed E-state index contributed by atoms with van der Waals surface area (Å²) in [5.41, 5.74) is 2.21. The van der Waals surface area contributed by atoms with Gasteiger partial charge in [0.15, 0.2) is 0 Å². The maximum Gasteiger partial charge on any atom is 0.0898 e. The summed E-state index contributed by atoms with van der Waals surface area (Å²) in [4.78, 5) is 4.59. The first-order valence-corrected chi connectivity index (χ1v) is 8.93. The molecule has 0 spiro atoms. The Balaban J connectivity index is 1.45. The number of rotatable bonds is 6. The van der Waals surface area contributed by atoms with E-state index >= 15 is 0 Å². The summed E-state index contributed by atoms with van der Waals surface area (Å²) in [6, 6.07) is 2.09. The minimum absolute atomic E-state index is 0.132. The lowest BCUT2D eigenvalue weighted by molar-refractivity contribution is -0.0540. The summed E-state index contributed by atoms with van der Waals surface area (Å²) < 4.78 is 13.3. The Hall–Kier alpha value is -0.990. The third-order valence-electron chi connectivity index (χ3n) is 4.74. The molecule has 3 rings (SSSR count). The van der Waals surface area contributed by atoms with Crippen molar-refractivity contribution in [3.8, 4) is 0 Å². The molecule has 1 aromatic heterocycles. The standard InChI is InChI=1S/C17H30N4O3/c1-14-9-15(2)21(18-14)13-17-12-20(5-8-24-17)11-16(22)10-19-3-6-23-7-4-19/h9,16-17,22H,3-8,10-13H2,1-2H3/t16-,17-/m1/s1. The normalized spacial score (nSPS) is 25.0. The van der Waals surface area contributed by atoms with Crippen LogP contribution in [0.5, 0.6) is 0 Å². The molecule has 1 N–H and O–H groups in total. The summed E-state index contributed by atoms with van der Waals surface area (Å²) >= 11 is 0. The Morgan fingerprint density at radius 1 is 1.17 bits per heavy atom. The Morgan fingerprint density at radius 2 is 1.88 bits per heavy atom. The highest BCUT2D eigenvalue weighted by Crippen LogP contribution is 2.11. The van der Waals surface area contributed by atoms with Crippen molar-refractivity contribution in [1.29, 1.82) is 0 Å². The van der Waals surface area contributed by atoms with Gasteiger partial charge in [-0.25, -0.2) is 0 Å². The molecule has 0 bridgehead atoms. The van der Waals surface area contributed by atoms with Crippen LogP contribution in [0.15, 0.2) is 6.07 Å². The molecule has 0 aliphatic carbocycles. The zero-order valence-electron chi connectivity index (χ0n) is 14.9. The predicted molar refractivity (Wildman–Crippen MR) is 91.1 cm³/mol. The maximum absolute atomic E-state index is 10.4. The van der Waals surface area contributed by atoms with Crippen molar-refractivity contribution in [2.24, 2.45) is 0 Å². The second-order valence-corrected chi connectivity index (χ2v) is 6.93. The summed E-state index contributed by atoms with van der Waals surface area (Å²) in [5, 5.41) is 14.9. The van der Waals surface area contributed by atoms with Crippen molar-refractivity contribution >= 4 is 0 Å². The number of aromatic nitrogens is 2. The monoisotopic (exact) mass is 338 g/mol. The predicted octanol–water partition coefficient (Wildman–Crippen LogP) is -0.106. The van der Waals surface area contributed by atoms with Gasteiger partial charge in [0.05, 0.1) is 44.3 Å². The Labute approximate surface area is 144 Å². The summed E-state index contributed by atoms with van der Waals surface area (Å²) in [6.45, 7) is 12.1. The molecule has 0 unspecified atom stereocenters. The molecular weight excluding hydrogens is 308 g/mol. The highest BCUT2D eigenvalue weighted by Gasteiger charge is 2.24. The lowest BCUT2D eigenvalue weighted by atomic mass is 10.2. The lowest BCUT2D eigenvalue weighted by Gasteiger charge is -2.35. The van der Waals surface area contributed by atoms with Crippen molar-refractivity contribution in [1.82, 2.24) is 19.6 Å². The van der Waals surface area contributed by atoms with E-state index in [-0.39, 0.29) is 12.2 Å². The van der Waals surface area contributed by atoms with Gasteiger partial charge in [-0.3, -0.25) is 14.5 Å². The van der Waals surface area contributed by atoms with Gasteiger partial charge in [0, 0.05) is 45.0 Å². The van der Waals surface area contributed by atoms with Crippen LogP contribution < -0.4 is 0 Å². The molecule has 2 atom stereocenters. The third kappa shape index (κ3) is 5.00. The van der Waals surface area contributed by atoms with E-state index in [1.54, 1.807) is 0 Å². The van der Waals surface area contributed by atoms with Gasteiger partial charge in [-0.15, -0.1) is 0 Å². The number of nitrogens with zero attached hydrogens (tertiary/aromatic N) is 4. The van der Waals surface area contributed by atoms with Crippen LogP contribution in [0.1, 0.15) is 11.4 Å². The van der Waals surface area contributed by atoms with Crippen molar-refractivity contribution < 1.29 is 14.6 Å². The highest BCUT2D eigenvalue weighted by molar-refractivity contribution is 5.06. The molecule has 24 heavy (non-hydrogen) atoms. The SMILES string of the molecule is Cc1cc(C)n(C[C@H]2CN(C[C@H](O)CN3CCOCC3)CCO2)n1. The number of hydrogen-bond donors (Lipinski definition) is 1. The second kappa shape index (κ2) is 8.40. The summed E-state index contributed by atoms with van der Waals surface area (Å²) in [6.07, 6.45) is -0.192. The molecule has 2 saturated heterocycles. The van der Waals surface area contributed by atoms with E-state index in [9.17, 15) is 5.11 Å². The second-order valence-electron chi connectivity index (χ2n) is 6.93.